The van der Waals surface area contributed by atoms with Crippen molar-refractivity contribution in [1.29, 1.82) is 0 Å². The van der Waals surface area contributed by atoms with Gasteiger partial charge in [-0.05, 0) is 110 Å². The third kappa shape index (κ3) is 4.15. The lowest BCUT2D eigenvalue weighted by Gasteiger charge is -2.62. The first-order valence-corrected chi connectivity index (χ1v) is 13.8. The van der Waals surface area contributed by atoms with Crippen molar-refractivity contribution in [2.45, 2.75) is 105 Å². The zero-order chi connectivity index (χ0) is 24.3. The fourth-order valence-electron chi connectivity index (χ4n) is 9.50. The Balaban J connectivity index is 1.58. The van der Waals surface area contributed by atoms with Gasteiger partial charge in [0.05, 0.1) is 18.3 Å². The summed E-state index contributed by atoms with van der Waals surface area (Å²) in [6.45, 7) is 13.9. The molecule has 33 heavy (non-hydrogen) atoms. The lowest BCUT2D eigenvalue weighted by molar-refractivity contribution is -0.180. The Hall–Kier alpha value is -0.420. The maximum atomic E-state index is 11.5. The van der Waals surface area contributed by atoms with Gasteiger partial charge in [0.15, 0.2) is 0 Å². The summed E-state index contributed by atoms with van der Waals surface area (Å²) in [6.07, 6.45) is 8.07. The zero-order valence-electron chi connectivity index (χ0n) is 21.9. The first kappa shape index (κ1) is 25.7. The highest BCUT2D eigenvalue weighted by Gasteiger charge is 2.64. The fraction of sp³-hybridized carbons (Fsp3) is 0.931. The summed E-state index contributed by atoms with van der Waals surface area (Å²) in [5, 5.41) is 42.6. The number of hydrogen-bond donors (Lipinski definition) is 4. The Morgan fingerprint density at radius 3 is 2.24 bits per heavy atom. The number of fused-ring (bicyclic) bond motifs is 5. The Bertz CT molecular complexity index is 735. The molecule has 0 radical (unpaired) electrons. The Morgan fingerprint density at radius 2 is 1.58 bits per heavy atom. The maximum Gasteiger partial charge on any atom is 0.0579 e. The molecule has 0 aromatic rings. The van der Waals surface area contributed by atoms with Gasteiger partial charge in [-0.15, -0.1) is 0 Å². The van der Waals surface area contributed by atoms with E-state index in [2.05, 4.69) is 47.6 Å². The third-order valence-corrected chi connectivity index (χ3v) is 11.7. The summed E-state index contributed by atoms with van der Waals surface area (Å²) in [7, 11) is 0. The minimum Gasteiger partial charge on any atom is -0.396 e. The molecule has 4 saturated carbocycles. The predicted octanol–water partition coefficient (Wildman–Crippen LogP) is 4.79. The van der Waals surface area contributed by atoms with Crippen LogP contribution in [0.4, 0.5) is 0 Å². The molecule has 0 aromatic heterocycles. The van der Waals surface area contributed by atoms with Crippen LogP contribution in [0.3, 0.4) is 0 Å². The molecule has 0 heterocycles. The first-order valence-electron chi connectivity index (χ1n) is 13.8. The van der Waals surface area contributed by atoms with Crippen molar-refractivity contribution < 1.29 is 20.4 Å². The number of aliphatic hydroxyl groups is 4. The summed E-state index contributed by atoms with van der Waals surface area (Å²) >= 11 is 0. The van der Waals surface area contributed by atoms with Crippen molar-refractivity contribution in [2.24, 2.45) is 58.2 Å². The average Bonchev–Trinajstić information content (AvgIpc) is 3.04. The van der Waals surface area contributed by atoms with Crippen molar-refractivity contribution >= 4 is 0 Å². The van der Waals surface area contributed by atoms with Crippen LogP contribution in [-0.2, 0) is 0 Å². The molecule has 0 spiro atoms. The van der Waals surface area contributed by atoms with Gasteiger partial charge in [0.2, 0.25) is 0 Å². The molecular weight excluding hydrogens is 412 g/mol. The van der Waals surface area contributed by atoms with E-state index in [1.807, 2.05) is 0 Å². The molecule has 0 aromatic carbocycles. The van der Waals surface area contributed by atoms with Crippen LogP contribution in [0.25, 0.3) is 0 Å². The second kappa shape index (κ2) is 9.22. The monoisotopic (exact) mass is 462 g/mol. The molecule has 4 nitrogen and oxygen atoms in total. The van der Waals surface area contributed by atoms with Gasteiger partial charge in [-0.25, -0.2) is 0 Å². The highest BCUT2D eigenvalue weighted by molar-refractivity contribution is 5.16. The molecule has 13 atom stereocenters. The molecule has 4 aliphatic rings. The van der Waals surface area contributed by atoms with Gasteiger partial charge in [0.25, 0.3) is 0 Å². The van der Waals surface area contributed by atoms with Gasteiger partial charge >= 0.3 is 0 Å². The van der Waals surface area contributed by atoms with E-state index in [9.17, 15) is 20.4 Å². The normalized spacial score (nSPS) is 50.7. The van der Waals surface area contributed by atoms with Crippen LogP contribution < -0.4 is 0 Å². The third-order valence-electron chi connectivity index (χ3n) is 11.7. The molecule has 0 amide bonds. The molecule has 0 bridgehead atoms. The lowest BCUT2D eigenvalue weighted by Crippen LogP contribution is -2.59. The molecule has 4 aliphatic carbocycles. The topological polar surface area (TPSA) is 80.9 Å². The SMILES string of the molecule is C/C(=C\C(C)C1C[C@@H](O)C2[C@@H]3CC(O)C4C[C@@H](O)CC[C@]4(C)C3CC[C@]12C)C(C)C(C)CO. The van der Waals surface area contributed by atoms with Gasteiger partial charge < -0.3 is 20.4 Å². The smallest absolute Gasteiger partial charge is 0.0579 e. The van der Waals surface area contributed by atoms with Gasteiger partial charge in [0.1, 0.15) is 0 Å². The van der Waals surface area contributed by atoms with Gasteiger partial charge in [-0.2, -0.15) is 0 Å². The van der Waals surface area contributed by atoms with Gasteiger partial charge in [-0.3, -0.25) is 0 Å². The van der Waals surface area contributed by atoms with Gasteiger partial charge in [0, 0.05) is 6.61 Å². The molecule has 4 heteroatoms. The van der Waals surface area contributed by atoms with Crippen LogP contribution in [-0.4, -0.2) is 45.3 Å². The molecule has 4 rings (SSSR count). The van der Waals surface area contributed by atoms with Crippen LogP contribution in [0.1, 0.15) is 86.5 Å². The van der Waals surface area contributed by atoms with Crippen LogP contribution >= 0.6 is 0 Å². The van der Waals surface area contributed by atoms with Gasteiger partial charge in [-0.1, -0.05) is 46.3 Å². The Kier molecular flexibility index (Phi) is 7.17. The minimum absolute atomic E-state index is 0.0820. The molecule has 190 valence electrons. The lowest BCUT2D eigenvalue weighted by atomic mass is 9.43. The largest absolute Gasteiger partial charge is 0.396 e. The van der Waals surface area contributed by atoms with Crippen LogP contribution in [0.5, 0.6) is 0 Å². The Labute approximate surface area is 201 Å². The summed E-state index contributed by atoms with van der Waals surface area (Å²) in [5.41, 5.74) is 1.53. The van der Waals surface area contributed by atoms with E-state index in [0.29, 0.717) is 29.6 Å². The summed E-state index contributed by atoms with van der Waals surface area (Å²) in [5.74, 6) is 2.82. The second-order valence-corrected chi connectivity index (χ2v) is 13.3. The Morgan fingerprint density at radius 1 is 0.909 bits per heavy atom. The average molecular weight is 463 g/mol. The van der Waals surface area contributed by atoms with Crippen molar-refractivity contribution in [1.82, 2.24) is 0 Å². The molecule has 0 saturated heterocycles. The number of allylic oxidation sites excluding steroid dienone is 2. The minimum atomic E-state index is -0.361. The van der Waals surface area contributed by atoms with Crippen molar-refractivity contribution in [2.75, 3.05) is 6.61 Å². The number of aliphatic hydroxyl groups excluding tert-OH is 4. The number of hydrogen-bond acceptors (Lipinski definition) is 4. The first-order chi connectivity index (χ1) is 15.4. The van der Waals surface area contributed by atoms with Crippen molar-refractivity contribution in [3.63, 3.8) is 0 Å². The van der Waals surface area contributed by atoms with E-state index >= 15 is 0 Å². The quantitative estimate of drug-likeness (QED) is 0.443. The molecule has 4 fully saturated rings. The zero-order valence-corrected chi connectivity index (χ0v) is 21.9. The maximum absolute atomic E-state index is 11.5. The van der Waals surface area contributed by atoms with E-state index in [0.717, 1.165) is 38.5 Å². The molecule has 0 aliphatic heterocycles. The summed E-state index contributed by atoms with van der Waals surface area (Å²) in [4.78, 5) is 0. The van der Waals surface area contributed by atoms with Crippen LogP contribution in [0.2, 0.25) is 0 Å². The highest BCUT2D eigenvalue weighted by Crippen LogP contribution is 2.68. The molecular formula is C29H50O4. The summed E-state index contributed by atoms with van der Waals surface area (Å²) < 4.78 is 0. The van der Waals surface area contributed by atoms with E-state index in [1.54, 1.807) is 0 Å². The van der Waals surface area contributed by atoms with Crippen molar-refractivity contribution in [3.8, 4) is 0 Å². The number of rotatable bonds is 5. The summed E-state index contributed by atoms with van der Waals surface area (Å²) in [6, 6.07) is 0. The van der Waals surface area contributed by atoms with E-state index < -0.39 is 0 Å². The van der Waals surface area contributed by atoms with E-state index in [4.69, 9.17) is 0 Å². The predicted molar refractivity (Wildman–Crippen MR) is 132 cm³/mol. The van der Waals surface area contributed by atoms with E-state index in [-0.39, 0.29) is 53.5 Å². The van der Waals surface area contributed by atoms with Crippen LogP contribution in [0, 0.1) is 58.2 Å². The highest BCUT2D eigenvalue weighted by atomic mass is 16.3. The second-order valence-electron chi connectivity index (χ2n) is 13.3. The van der Waals surface area contributed by atoms with Crippen molar-refractivity contribution in [3.05, 3.63) is 11.6 Å². The molecule has 8 unspecified atom stereocenters. The molecule has 4 N–H and O–H groups in total. The fourth-order valence-corrected chi connectivity index (χ4v) is 9.50. The van der Waals surface area contributed by atoms with Crippen LogP contribution in [0.15, 0.2) is 11.6 Å². The standard InChI is InChI=1S/C29H50O4/c1-16(19(4)18(3)15-30)11-17(2)23-14-26(33)27-21-13-25(32)24-12-20(31)7-9-28(24,5)22(21)8-10-29(23,27)6/h11,17-27,30-33H,7-10,12-15H2,1-6H3/b16-11+/t17?,18?,19?,20-,21+,22?,23?,24?,25?,26+,27?,28+,29+/m0/s1. The van der Waals surface area contributed by atoms with E-state index in [1.165, 1.54) is 12.0 Å².